The van der Waals surface area contributed by atoms with Crippen LogP contribution in [0.5, 0.6) is 5.75 Å². The summed E-state index contributed by atoms with van der Waals surface area (Å²) in [5.74, 6) is 1.44. The lowest BCUT2D eigenvalue weighted by Gasteiger charge is -2.38. The highest BCUT2D eigenvalue weighted by Gasteiger charge is 2.37. The summed E-state index contributed by atoms with van der Waals surface area (Å²) in [4.78, 5) is 18.1. The Morgan fingerprint density at radius 2 is 2.21 bits per heavy atom. The molecular formula is C17H21N3O4. The Bertz CT molecular complexity index is 688. The van der Waals surface area contributed by atoms with Gasteiger partial charge in [0.25, 0.3) is 5.91 Å². The largest absolute Gasteiger partial charge is 0.484 e. The van der Waals surface area contributed by atoms with Crippen LogP contribution < -0.4 is 4.74 Å². The third kappa shape index (κ3) is 4.11. The third-order valence-corrected chi connectivity index (χ3v) is 4.06. The van der Waals surface area contributed by atoms with Crippen LogP contribution in [0.15, 0.2) is 34.9 Å². The van der Waals surface area contributed by atoms with E-state index in [9.17, 15) is 9.90 Å². The SMILES string of the molecule is Cc1noc(CC2(O)CCCN(C(=O)COc3ccccc3)C2)n1. The molecule has 0 saturated carbocycles. The fourth-order valence-electron chi connectivity index (χ4n) is 2.92. The van der Waals surface area contributed by atoms with Crippen LogP contribution in [0.2, 0.25) is 0 Å². The van der Waals surface area contributed by atoms with Gasteiger partial charge in [0, 0.05) is 13.1 Å². The first kappa shape index (κ1) is 16.4. The number of aryl methyl sites for hydroxylation is 1. The fraction of sp³-hybridized carbons (Fsp3) is 0.471. The maximum atomic E-state index is 12.4. The highest BCUT2D eigenvalue weighted by Crippen LogP contribution is 2.25. The van der Waals surface area contributed by atoms with Crippen LogP contribution in [-0.2, 0) is 11.2 Å². The molecule has 1 saturated heterocycles. The van der Waals surface area contributed by atoms with Crippen LogP contribution in [0, 0.1) is 6.92 Å². The summed E-state index contributed by atoms with van der Waals surface area (Å²) >= 11 is 0. The molecule has 3 rings (SSSR count). The number of carbonyl (C=O) groups is 1. The molecule has 1 atom stereocenters. The van der Waals surface area contributed by atoms with Gasteiger partial charge < -0.3 is 19.3 Å². The summed E-state index contributed by atoms with van der Waals surface area (Å²) in [5, 5.41) is 14.5. The predicted molar refractivity (Wildman–Crippen MR) is 85.4 cm³/mol. The van der Waals surface area contributed by atoms with Crippen LogP contribution in [0.25, 0.3) is 0 Å². The summed E-state index contributed by atoms with van der Waals surface area (Å²) < 4.78 is 10.6. The highest BCUT2D eigenvalue weighted by molar-refractivity contribution is 5.78. The number of amides is 1. The van der Waals surface area contributed by atoms with Crippen molar-refractivity contribution in [2.45, 2.75) is 31.8 Å². The molecule has 1 aromatic heterocycles. The predicted octanol–water partition coefficient (Wildman–Crippen LogP) is 1.35. The molecule has 1 aliphatic heterocycles. The average Bonchev–Trinajstić information content (AvgIpc) is 2.97. The van der Waals surface area contributed by atoms with Crippen LogP contribution in [-0.4, -0.2) is 51.4 Å². The molecule has 1 aromatic carbocycles. The molecule has 1 amide bonds. The summed E-state index contributed by atoms with van der Waals surface area (Å²) in [6.07, 6.45) is 1.57. The van der Waals surface area contributed by atoms with E-state index in [4.69, 9.17) is 9.26 Å². The van der Waals surface area contributed by atoms with E-state index in [1.54, 1.807) is 24.0 Å². The number of carbonyl (C=O) groups excluding carboxylic acids is 1. The van der Waals surface area contributed by atoms with Gasteiger partial charge in [0.1, 0.15) is 5.75 Å². The van der Waals surface area contributed by atoms with Crippen molar-refractivity contribution in [2.75, 3.05) is 19.7 Å². The van der Waals surface area contributed by atoms with E-state index in [0.717, 1.165) is 6.42 Å². The van der Waals surface area contributed by atoms with E-state index in [-0.39, 0.29) is 25.5 Å². The minimum Gasteiger partial charge on any atom is -0.484 e. The average molecular weight is 331 g/mol. The lowest BCUT2D eigenvalue weighted by molar-refractivity contribution is -0.140. The van der Waals surface area contributed by atoms with Gasteiger partial charge in [-0.1, -0.05) is 23.4 Å². The van der Waals surface area contributed by atoms with Gasteiger partial charge in [-0.15, -0.1) is 0 Å². The number of hydrogen-bond donors (Lipinski definition) is 1. The zero-order valence-corrected chi connectivity index (χ0v) is 13.6. The molecule has 7 nitrogen and oxygen atoms in total. The van der Waals surface area contributed by atoms with E-state index in [1.165, 1.54) is 0 Å². The smallest absolute Gasteiger partial charge is 0.260 e. The molecule has 1 fully saturated rings. The highest BCUT2D eigenvalue weighted by atomic mass is 16.5. The Morgan fingerprint density at radius 1 is 1.42 bits per heavy atom. The van der Waals surface area contributed by atoms with Crippen LogP contribution in [0.4, 0.5) is 0 Å². The molecule has 1 aliphatic rings. The summed E-state index contributed by atoms with van der Waals surface area (Å²) in [5.41, 5.74) is -1.04. The third-order valence-electron chi connectivity index (χ3n) is 4.06. The Kier molecular flexibility index (Phi) is 4.80. The number of piperidine rings is 1. The van der Waals surface area contributed by atoms with Gasteiger partial charge in [-0.3, -0.25) is 4.79 Å². The lowest BCUT2D eigenvalue weighted by Crippen LogP contribution is -2.52. The number of β-amino-alcohol motifs (C(OH)–C–C–N with tert-alkyl or cyclic N) is 1. The molecule has 1 unspecified atom stereocenters. The van der Waals surface area contributed by atoms with Crippen molar-refractivity contribution in [1.29, 1.82) is 0 Å². The van der Waals surface area contributed by atoms with Crippen molar-refractivity contribution in [1.82, 2.24) is 15.0 Å². The summed E-state index contributed by atoms with van der Waals surface area (Å²) in [6, 6.07) is 9.20. The molecule has 1 N–H and O–H groups in total. The van der Waals surface area contributed by atoms with Gasteiger partial charge >= 0.3 is 0 Å². The van der Waals surface area contributed by atoms with Crippen LogP contribution in [0.1, 0.15) is 24.6 Å². The quantitative estimate of drug-likeness (QED) is 0.890. The van der Waals surface area contributed by atoms with Gasteiger partial charge in [-0.05, 0) is 31.9 Å². The van der Waals surface area contributed by atoms with Gasteiger partial charge in [0.05, 0.1) is 12.0 Å². The molecule has 2 heterocycles. The number of aromatic nitrogens is 2. The topological polar surface area (TPSA) is 88.7 Å². The maximum absolute atomic E-state index is 12.4. The second-order valence-corrected chi connectivity index (χ2v) is 6.16. The Hall–Kier alpha value is -2.41. The van der Waals surface area contributed by atoms with Crippen molar-refractivity contribution in [3.63, 3.8) is 0 Å². The number of hydrogen-bond acceptors (Lipinski definition) is 6. The standard InChI is InChI=1S/C17H21N3O4/c1-13-18-15(24-19-13)10-17(22)8-5-9-20(12-17)16(21)11-23-14-6-3-2-4-7-14/h2-4,6-7,22H,5,8-12H2,1H3. The number of nitrogens with zero attached hydrogens (tertiary/aromatic N) is 3. The first-order valence-electron chi connectivity index (χ1n) is 8.01. The minimum atomic E-state index is -1.04. The van der Waals surface area contributed by atoms with E-state index >= 15 is 0 Å². The van der Waals surface area contributed by atoms with Crippen molar-refractivity contribution in [3.8, 4) is 5.75 Å². The van der Waals surface area contributed by atoms with Gasteiger partial charge in [-0.2, -0.15) is 4.98 Å². The first-order chi connectivity index (χ1) is 11.5. The maximum Gasteiger partial charge on any atom is 0.260 e. The molecule has 0 spiro atoms. The van der Waals surface area contributed by atoms with E-state index in [1.807, 2.05) is 18.2 Å². The number of rotatable bonds is 5. The Morgan fingerprint density at radius 3 is 2.92 bits per heavy atom. The molecule has 7 heteroatoms. The molecule has 0 bridgehead atoms. The van der Waals surface area contributed by atoms with Crippen molar-refractivity contribution in [2.24, 2.45) is 0 Å². The lowest BCUT2D eigenvalue weighted by atomic mass is 9.89. The van der Waals surface area contributed by atoms with Crippen molar-refractivity contribution >= 4 is 5.91 Å². The van der Waals surface area contributed by atoms with Crippen molar-refractivity contribution in [3.05, 3.63) is 42.0 Å². The van der Waals surface area contributed by atoms with Gasteiger partial charge in [-0.25, -0.2) is 0 Å². The second-order valence-electron chi connectivity index (χ2n) is 6.16. The fourth-order valence-corrected chi connectivity index (χ4v) is 2.92. The van der Waals surface area contributed by atoms with E-state index in [0.29, 0.717) is 30.4 Å². The van der Waals surface area contributed by atoms with E-state index < -0.39 is 5.60 Å². The summed E-state index contributed by atoms with van der Waals surface area (Å²) in [7, 11) is 0. The number of likely N-dealkylation sites (tertiary alicyclic amines) is 1. The van der Waals surface area contributed by atoms with Crippen LogP contribution >= 0.6 is 0 Å². The number of benzene rings is 1. The number of aliphatic hydroxyl groups is 1. The molecular weight excluding hydrogens is 310 g/mol. The molecule has 0 aliphatic carbocycles. The summed E-state index contributed by atoms with van der Waals surface area (Å²) in [6.45, 7) is 2.54. The Labute approximate surface area is 140 Å². The Balaban J connectivity index is 1.57. The number of ether oxygens (including phenoxy) is 1. The second kappa shape index (κ2) is 7.00. The monoisotopic (exact) mass is 331 g/mol. The number of para-hydroxylation sites is 1. The van der Waals surface area contributed by atoms with Crippen molar-refractivity contribution < 1.29 is 19.2 Å². The minimum absolute atomic E-state index is 0.0419. The molecule has 0 radical (unpaired) electrons. The molecule has 24 heavy (non-hydrogen) atoms. The zero-order valence-electron chi connectivity index (χ0n) is 13.6. The van der Waals surface area contributed by atoms with Crippen LogP contribution in [0.3, 0.4) is 0 Å². The first-order valence-corrected chi connectivity index (χ1v) is 8.01. The molecule has 128 valence electrons. The van der Waals surface area contributed by atoms with Gasteiger partial charge in [0.2, 0.25) is 5.89 Å². The molecule has 2 aromatic rings. The van der Waals surface area contributed by atoms with E-state index in [2.05, 4.69) is 10.1 Å². The normalized spacial score (nSPS) is 20.8. The zero-order chi connectivity index (χ0) is 17.0. The van der Waals surface area contributed by atoms with Gasteiger partial charge in [0.15, 0.2) is 12.4 Å².